The predicted molar refractivity (Wildman–Crippen MR) is 125 cm³/mol. The van der Waals surface area contributed by atoms with Gasteiger partial charge in [-0.3, -0.25) is 14.5 Å². The SMILES string of the molecule is CC(=O)C1OC2C(C(=O)N2C(C(=O)OCc2ccccc2)=C(C)C)N1S(=O)(=O)Cc1ccccc1. The zero-order valence-corrected chi connectivity index (χ0v) is 20.4. The van der Waals surface area contributed by atoms with Crippen LogP contribution in [0.15, 0.2) is 71.9 Å². The Bertz CT molecular complexity index is 1270. The van der Waals surface area contributed by atoms with Crippen molar-refractivity contribution in [2.45, 2.75) is 51.6 Å². The van der Waals surface area contributed by atoms with Gasteiger partial charge in [0.05, 0.1) is 5.75 Å². The fourth-order valence-corrected chi connectivity index (χ4v) is 5.98. The van der Waals surface area contributed by atoms with Crippen LogP contribution in [-0.4, -0.2) is 53.8 Å². The lowest BCUT2D eigenvalue weighted by Crippen LogP contribution is -2.67. The number of hydrogen-bond acceptors (Lipinski definition) is 7. The molecule has 3 unspecified atom stereocenters. The van der Waals surface area contributed by atoms with Crippen molar-refractivity contribution >= 4 is 27.7 Å². The van der Waals surface area contributed by atoms with Crippen LogP contribution in [0.3, 0.4) is 0 Å². The number of benzene rings is 2. The Morgan fingerprint density at radius 2 is 1.51 bits per heavy atom. The first-order chi connectivity index (χ1) is 16.6. The van der Waals surface area contributed by atoms with Crippen LogP contribution in [0, 0.1) is 0 Å². The zero-order valence-electron chi connectivity index (χ0n) is 19.6. The van der Waals surface area contributed by atoms with Crippen molar-refractivity contribution in [1.82, 2.24) is 9.21 Å². The van der Waals surface area contributed by atoms with Crippen LogP contribution in [0.25, 0.3) is 0 Å². The smallest absolute Gasteiger partial charge is 0.355 e. The highest BCUT2D eigenvalue weighted by atomic mass is 32.2. The van der Waals surface area contributed by atoms with Gasteiger partial charge in [0.1, 0.15) is 12.3 Å². The summed E-state index contributed by atoms with van der Waals surface area (Å²) < 4.78 is 38.5. The molecule has 0 saturated carbocycles. The number of ether oxygens (including phenoxy) is 2. The molecule has 2 saturated heterocycles. The topological polar surface area (TPSA) is 110 Å². The van der Waals surface area contributed by atoms with E-state index < -0.39 is 51.9 Å². The lowest BCUT2D eigenvalue weighted by atomic mass is 10.0. The van der Waals surface area contributed by atoms with Gasteiger partial charge in [0.25, 0.3) is 5.91 Å². The molecular formula is C25H26N2O7S. The van der Waals surface area contributed by atoms with Crippen molar-refractivity contribution in [1.29, 1.82) is 0 Å². The van der Waals surface area contributed by atoms with E-state index in [-0.39, 0.29) is 12.3 Å². The number of hydrogen-bond donors (Lipinski definition) is 0. The molecule has 3 atom stereocenters. The second-order valence-corrected chi connectivity index (χ2v) is 10.5. The highest BCUT2D eigenvalue weighted by Crippen LogP contribution is 2.41. The molecule has 2 aromatic rings. The molecule has 10 heteroatoms. The molecule has 0 aromatic heterocycles. The van der Waals surface area contributed by atoms with Crippen LogP contribution < -0.4 is 0 Å². The maximum absolute atomic E-state index is 13.3. The van der Waals surface area contributed by atoms with E-state index in [1.807, 2.05) is 18.2 Å². The molecule has 0 spiro atoms. The Kier molecular flexibility index (Phi) is 6.88. The minimum absolute atomic E-state index is 0.00108. The third-order valence-corrected chi connectivity index (χ3v) is 7.53. The van der Waals surface area contributed by atoms with Gasteiger partial charge < -0.3 is 9.47 Å². The number of ketones is 1. The third kappa shape index (κ3) is 4.77. The summed E-state index contributed by atoms with van der Waals surface area (Å²) in [6.45, 7) is 4.48. The number of fused-ring (bicyclic) bond motifs is 1. The Morgan fingerprint density at radius 3 is 2.06 bits per heavy atom. The number of nitrogens with zero attached hydrogens (tertiary/aromatic N) is 2. The first kappa shape index (κ1) is 24.8. The van der Waals surface area contributed by atoms with Gasteiger partial charge in [0.15, 0.2) is 24.3 Å². The number of sulfonamides is 1. The normalized spacial score (nSPS) is 21.7. The van der Waals surface area contributed by atoms with E-state index >= 15 is 0 Å². The van der Waals surface area contributed by atoms with Crippen LogP contribution in [0.5, 0.6) is 0 Å². The van der Waals surface area contributed by atoms with Crippen molar-refractivity contribution in [3.05, 3.63) is 83.1 Å². The monoisotopic (exact) mass is 498 g/mol. The molecule has 4 rings (SSSR count). The molecule has 1 amide bonds. The van der Waals surface area contributed by atoms with Gasteiger partial charge in [0.2, 0.25) is 10.0 Å². The van der Waals surface area contributed by atoms with E-state index in [1.165, 1.54) is 6.92 Å². The van der Waals surface area contributed by atoms with Gasteiger partial charge in [-0.2, -0.15) is 0 Å². The summed E-state index contributed by atoms with van der Waals surface area (Å²) in [5.41, 5.74) is 1.74. The van der Waals surface area contributed by atoms with Crippen molar-refractivity contribution in [2.75, 3.05) is 0 Å². The molecule has 0 radical (unpaired) electrons. The van der Waals surface area contributed by atoms with Gasteiger partial charge in [-0.25, -0.2) is 13.2 Å². The number of rotatable bonds is 8. The fourth-order valence-electron chi connectivity index (χ4n) is 4.18. The van der Waals surface area contributed by atoms with Crippen molar-refractivity contribution in [3.8, 4) is 0 Å². The molecule has 2 aliphatic heterocycles. The van der Waals surface area contributed by atoms with Crippen molar-refractivity contribution < 1.29 is 32.3 Å². The van der Waals surface area contributed by atoms with E-state index in [2.05, 4.69) is 0 Å². The Morgan fingerprint density at radius 1 is 0.943 bits per heavy atom. The Labute approximate surface area is 204 Å². The van der Waals surface area contributed by atoms with Crippen LogP contribution in [-0.2, 0) is 46.2 Å². The molecule has 35 heavy (non-hydrogen) atoms. The van der Waals surface area contributed by atoms with Gasteiger partial charge in [-0.15, -0.1) is 4.31 Å². The molecule has 2 aromatic carbocycles. The summed E-state index contributed by atoms with van der Waals surface area (Å²) in [5.74, 6) is -2.35. The second-order valence-electron chi connectivity index (χ2n) is 8.62. The number of allylic oxidation sites excluding steroid dienone is 1. The van der Waals surface area contributed by atoms with Crippen LogP contribution in [0.2, 0.25) is 0 Å². The number of β-lactam (4-membered cyclic amide) rings is 1. The molecule has 9 nitrogen and oxygen atoms in total. The molecule has 0 bridgehead atoms. The molecule has 2 heterocycles. The minimum Gasteiger partial charge on any atom is -0.456 e. The maximum Gasteiger partial charge on any atom is 0.355 e. The summed E-state index contributed by atoms with van der Waals surface area (Å²) in [6.07, 6.45) is -2.58. The zero-order chi connectivity index (χ0) is 25.3. The fraction of sp³-hybridized carbons (Fsp3) is 0.320. The third-order valence-electron chi connectivity index (χ3n) is 5.77. The van der Waals surface area contributed by atoms with Gasteiger partial charge in [-0.05, 0) is 37.5 Å². The van der Waals surface area contributed by atoms with Crippen LogP contribution in [0.1, 0.15) is 31.9 Å². The number of Topliss-reactive ketones (excluding diaryl/α,β-unsaturated/α-hetero) is 1. The average molecular weight is 499 g/mol. The van der Waals surface area contributed by atoms with Gasteiger partial charge >= 0.3 is 5.97 Å². The average Bonchev–Trinajstić information content (AvgIpc) is 3.19. The quantitative estimate of drug-likeness (QED) is 0.312. The van der Waals surface area contributed by atoms with Crippen molar-refractivity contribution in [2.24, 2.45) is 0 Å². The second kappa shape index (κ2) is 9.73. The van der Waals surface area contributed by atoms with Crippen LogP contribution >= 0.6 is 0 Å². The molecular weight excluding hydrogens is 472 g/mol. The first-order valence-electron chi connectivity index (χ1n) is 11.0. The van der Waals surface area contributed by atoms with E-state index in [1.54, 1.807) is 56.3 Å². The number of carbonyl (C=O) groups is 3. The lowest BCUT2D eigenvalue weighted by molar-refractivity contribution is -0.170. The van der Waals surface area contributed by atoms with Gasteiger partial charge in [-0.1, -0.05) is 60.7 Å². The summed E-state index contributed by atoms with van der Waals surface area (Å²) in [6, 6.07) is 16.3. The summed E-state index contributed by atoms with van der Waals surface area (Å²) >= 11 is 0. The minimum atomic E-state index is -4.10. The van der Waals surface area contributed by atoms with Gasteiger partial charge in [0, 0.05) is 0 Å². The Balaban J connectivity index is 1.58. The Hall–Kier alpha value is -3.34. The summed E-state index contributed by atoms with van der Waals surface area (Å²) in [5, 5.41) is 0. The summed E-state index contributed by atoms with van der Waals surface area (Å²) in [7, 11) is -4.10. The highest BCUT2D eigenvalue weighted by molar-refractivity contribution is 7.88. The highest BCUT2D eigenvalue weighted by Gasteiger charge is 2.65. The molecule has 0 aliphatic carbocycles. The number of amides is 1. The van der Waals surface area contributed by atoms with E-state index in [4.69, 9.17) is 9.47 Å². The van der Waals surface area contributed by atoms with Crippen molar-refractivity contribution in [3.63, 3.8) is 0 Å². The maximum atomic E-state index is 13.3. The first-order valence-corrected chi connectivity index (χ1v) is 12.7. The van der Waals surface area contributed by atoms with E-state index in [0.29, 0.717) is 11.1 Å². The number of esters is 1. The predicted octanol–water partition coefficient (Wildman–Crippen LogP) is 2.34. The lowest BCUT2D eigenvalue weighted by Gasteiger charge is -2.43. The number of likely N-dealkylation sites (tertiary alicyclic amines) is 1. The standard InChI is InChI=1S/C25H26N2O7S/c1-16(2)20(25(30)33-14-18-10-6-4-7-11-18)26-22(29)21-24(26)34-23(17(3)28)27(21)35(31,32)15-19-12-8-5-9-13-19/h4-13,21,23-24H,14-15H2,1-3H3. The molecule has 2 fully saturated rings. The van der Waals surface area contributed by atoms with Crippen LogP contribution in [0.4, 0.5) is 0 Å². The van der Waals surface area contributed by atoms with E-state index in [9.17, 15) is 22.8 Å². The molecule has 184 valence electrons. The molecule has 0 N–H and O–H groups in total. The largest absolute Gasteiger partial charge is 0.456 e. The molecule has 2 aliphatic rings. The number of carbonyl (C=O) groups excluding carboxylic acids is 3. The van der Waals surface area contributed by atoms with E-state index in [0.717, 1.165) is 14.8 Å². The summed E-state index contributed by atoms with van der Waals surface area (Å²) in [4.78, 5) is 39.6.